The molecule has 94 valence electrons. The summed E-state index contributed by atoms with van der Waals surface area (Å²) < 4.78 is 0. The maximum atomic E-state index is 11.9. The van der Waals surface area contributed by atoms with E-state index < -0.39 is 0 Å². The van der Waals surface area contributed by atoms with E-state index in [1.165, 1.54) is 0 Å². The Bertz CT molecular complexity index is 481. The van der Waals surface area contributed by atoms with Crippen molar-refractivity contribution >= 4 is 5.91 Å². The van der Waals surface area contributed by atoms with Crippen molar-refractivity contribution in [2.24, 2.45) is 5.41 Å². The summed E-state index contributed by atoms with van der Waals surface area (Å²) in [7, 11) is 0. The molecule has 0 heterocycles. The summed E-state index contributed by atoms with van der Waals surface area (Å²) in [4.78, 5) is 11.9. The standard InChI is InChI=1S/C14H16N2O2/c15-8-11-3-1-4-12(7-11)13(18)16-9-14(10-17)5-2-6-14/h1,3-4,7,17H,2,5-6,9-10H2,(H,16,18). The fourth-order valence-electron chi connectivity index (χ4n) is 2.17. The second-order valence-electron chi connectivity index (χ2n) is 4.89. The van der Waals surface area contributed by atoms with Crippen LogP contribution in [-0.2, 0) is 0 Å². The number of nitrogens with zero attached hydrogens (tertiary/aromatic N) is 1. The summed E-state index contributed by atoms with van der Waals surface area (Å²) in [5, 5.41) is 20.9. The molecule has 1 aromatic carbocycles. The van der Waals surface area contributed by atoms with Crippen molar-refractivity contribution < 1.29 is 9.90 Å². The van der Waals surface area contributed by atoms with E-state index in [9.17, 15) is 9.90 Å². The molecule has 2 rings (SSSR count). The van der Waals surface area contributed by atoms with E-state index in [4.69, 9.17) is 5.26 Å². The molecule has 1 aromatic rings. The topological polar surface area (TPSA) is 73.1 Å². The zero-order valence-electron chi connectivity index (χ0n) is 10.1. The number of aliphatic hydroxyl groups excluding tert-OH is 1. The Morgan fingerprint density at radius 1 is 1.50 bits per heavy atom. The molecule has 18 heavy (non-hydrogen) atoms. The van der Waals surface area contributed by atoms with Crippen molar-refractivity contribution in [3.8, 4) is 6.07 Å². The van der Waals surface area contributed by atoms with Gasteiger partial charge in [-0.15, -0.1) is 0 Å². The van der Waals surface area contributed by atoms with Crippen LogP contribution in [0, 0.1) is 16.7 Å². The lowest BCUT2D eigenvalue weighted by Crippen LogP contribution is -2.44. The summed E-state index contributed by atoms with van der Waals surface area (Å²) >= 11 is 0. The van der Waals surface area contributed by atoms with Crippen molar-refractivity contribution in [1.82, 2.24) is 5.32 Å². The van der Waals surface area contributed by atoms with Crippen LogP contribution in [0.3, 0.4) is 0 Å². The van der Waals surface area contributed by atoms with Crippen LogP contribution >= 0.6 is 0 Å². The lowest BCUT2D eigenvalue weighted by atomic mass is 9.69. The van der Waals surface area contributed by atoms with Crippen LogP contribution < -0.4 is 5.32 Å². The summed E-state index contributed by atoms with van der Waals surface area (Å²) in [6.07, 6.45) is 3.03. The third-order valence-electron chi connectivity index (χ3n) is 3.63. The lowest BCUT2D eigenvalue weighted by Gasteiger charge is -2.40. The van der Waals surface area contributed by atoms with Gasteiger partial charge in [0.1, 0.15) is 0 Å². The maximum Gasteiger partial charge on any atom is 0.251 e. The number of amides is 1. The van der Waals surface area contributed by atoms with Gasteiger partial charge in [0, 0.05) is 17.5 Å². The number of aliphatic hydroxyl groups is 1. The van der Waals surface area contributed by atoms with E-state index in [0.717, 1.165) is 19.3 Å². The highest BCUT2D eigenvalue weighted by Gasteiger charge is 2.36. The Labute approximate surface area is 106 Å². The Morgan fingerprint density at radius 3 is 2.83 bits per heavy atom. The molecule has 1 amide bonds. The summed E-state index contributed by atoms with van der Waals surface area (Å²) in [5.74, 6) is -0.188. The van der Waals surface area contributed by atoms with E-state index in [0.29, 0.717) is 17.7 Å². The number of hydrogen-bond donors (Lipinski definition) is 2. The van der Waals surface area contributed by atoms with Crippen LogP contribution in [0.5, 0.6) is 0 Å². The van der Waals surface area contributed by atoms with Crippen molar-refractivity contribution in [3.05, 3.63) is 35.4 Å². The molecule has 0 spiro atoms. The van der Waals surface area contributed by atoms with Crippen LogP contribution in [0.15, 0.2) is 24.3 Å². The number of benzene rings is 1. The van der Waals surface area contributed by atoms with Gasteiger partial charge in [0.25, 0.3) is 5.91 Å². The molecule has 0 aliphatic heterocycles. The number of nitriles is 1. The van der Waals surface area contributed by atoms with Crippen LogP contribution in [-0.4, -0.2) is 24.2 Å². The first-order chi connectivity index (χ1) is 8.69. The predicted octanol–water partition coefficient (Wildman–Crippen LogP) is 1.45. The number of rotatable bonds is 4. The van der Waals surface area contributed by atoms with Gasteiger partial charge in [0.05, 0.1) is 18.2 Å². The molecule has 4 nitrogen and oxygen atoms in total. The second-order valence-corrected chi connectivity index (χ2v) is 4.89. The molecule has 4 heteroatoms. The molecule has 1 aliphatic rings. The highest BCUT2D eigenvalue weighted by atomic mass is 16.3. The normalized spacial score (nSPS) is 16.4. The Morgan fingerprint density at radius 2 is 2.28 bits per heavy atom. The third-order valence-corrected chi connectivity index (χ3v) is 3.63. The van der Waals surface area contributed by atoms with Gasteiger partial charge < -0.3 is 10.4 Å². The maximum absolute atomic E-state index is 11.9. The molecule has 0 bridgehead atoms. The Hall–Kier alpha value is -1.86. The number of nitrogens with one attached hydrogen (secondary N) is 1. The molecule has 2 N–H and O–H groups in total. The molecule has 1 fully saturated rings. The van der Waals surface area contributed by atoms with Gasteiger partial charge in [-0.25, -0.2) is 0 Å². The first-order valence-electron chi connectivity index (χ1n) is 6.08. The fourth-order valence-corrected chi connectivity index (χ4v) is 2.17. The Kier molecular flexibility index (Phi) is 3.63. The van der Waals surface area contributed by atoms with Gasteiger partial charge in [-0.05, 0) is 31.0 Å². The third kappa shape index (κ3) is 2.52. The van der Waals surface area contributed by atoms with E-state index in [1.54, 1.807) is 24.3 Å². The van der Waals surface area contributed by atoms with Crippen molar-refractivity contribution in [2.45, 2.75) is 19.3 Å². The molecule has 1 saturated carbocycles. The highest BCUT2D eigenvalue weighted by molar-refractivity contribution is 5.94. The first kappa shape index (κ1) is 12.6. The summed E-state index contributed by atoms with van der Waals surface area (Å²) in [5.41, 5.74) is 0.840. The SMILES string of the molecule is N#Cc1cccc(C(=O)NCC2(CO)CCC2)c1. The molecule has 0 aromatic heterocycles. The zero-order valence-corrected chi connectivity index (χ0v) is 10.1. The van der Waals surface area contributed by atoms with Crippen LogP contribution in [0.1, 0.15) is 35.2 Å². The quantitative estimate of drug-likeness (QED) is 0.842. The first-order valence-corrected chi connectivity index (χ1v) is 6.08. The lowest BCUT2D eigenvalue weighted by molar-refractivity contribution is 0.0429. The van der Waals surface area contributed by atoms with E-state index in [2.05, 4.69) is 5.32 Å². The van der Waals surface area contributed by atoms with Gasteiger partial charge in [-0.1, -0.05) is 12.5 Å². The monoisotopic (exact) mass is 244 g/mol. The fraction of sp³-hybridized carbons (Fsp3) is 0.429. The summed E-state index contributed by atoms with van der Waals surface area (Å²) in [6, 6.07) is 8.62. The predicted molar refractivity (Wildman–Crippen MR) is 66.9 cm³/mol. The highest BCUT2D eigenvalue weighted by Crippen LogP contribution is 2.39. The largest absolute Gasteiger partial charge is 0.396 e. The van der Waals surface area contributed by atoms with Gasteiger partial charge >= 0.3 is 0 Å². The van der Waals surface area contributed by atoms with Gasteiger partial charge in [0.15, 0.2) is 0 Å². The molecular weight excluding hydrogens is 228 g/mol. The molecule has 0 saturated heterocycles. The molecular formula is C14H16N2O2. The van der Waals surface area contributed by atoms with Crippen LogP contribution in [0.4, 0.5) is 0 Å². The molecule has 1 aliphatic carbocycles. The zero-order chi connectivity index (χ0) is 13.0. The van der Waals surface area contributed by atoms with E-state index in [-0.39, 0.29) is 17.9 Å². The van der Waals surface area contributed by atoms with Crippen LogP contribution in [0.2, 0.25) is 0 Å². The average molecular weight is 244 g/mol. The van der Waals surface area contributed by atoms with Crippen molar-refractivity contribution in [2.75, 3.05) is 13.2 Å². The van der Waals surface area contributed by atoms with Gasteiger partial charge in [-0.3, -0.25) is 4.79 Å². The minimum Gasteiger partial charge on any atom is -0.396 e. The minimum absolute atomic E-state index is 0.117. The van der Waals surface area contributed by atoms with Crippen molar-refractivity contribution in [3.63, 3.8) is 0 Å². The Balaban J connectivity index is 1.97. The number of carbonyl (C=O) groups is 1. The van der Waals surface area contributed by atoms with Gasteiger partial charge in [-0.2, -0.15) is 5.26 Å². The van der Waals surface area contributed by atoms with Crippen LogP contribution in [0.25, 0.3) is 0 Å². The average Bonchev–Trinajstić information content (AvgIpc) is 2.38. The van der Waals surface area contributed by atoms with E-state index in [1.807, 2.05) is 6.07 Å². The van der Waals surface area contributed by atoms with Gasteiger partial charge in [0.2, 0.25) is 0 Å². The van der Waals surface area contributed by atoms with Crippen molar-refractivity contribution in [1.29, 1.82) is 5.26 Å². The molecule has 0 unspecified atom stereocenters. The summed E-state index contributed by atoms with van der Waals surface area (Å²) in [6.45, 7) is 0.616. The number of carbonyl (C=O) groups excluding carboxylic acids is 1. The number of hydrogen-bond acceptors (Lipinski definition) is 3. The second kappa shape index (κ2) is 5.19. The smallest absolute Gasteiger partial charge is 0.251 e. The molecule has 0 radical (unpaired) electrons. The molecule has 0 atom stereocenters. The van der Waals surface area contributed by atoms with E-state index >= 15 is 0 Å². The minimum atomic E-state index is -0.188.